The van der Waals surface area contributed by atoms with Crippen molar-refractivity contribution >= 4 is 0 Å². The maximum absolute atomic E-state index is 5.66. The SMILES string of the molecule is COc1c(C)cnc(Cn2cc(CN)c(C)n2)c1C. The van der Waals surface area contributed by atoms with Gasteiger partial charge in [0.05, 0.1) is 25.0 Å². The number of ether oxygens (including phenoxy) is 1. The normalized spacial score (nSPS) is 10.8. The van der Waals surface area contributed by atoms with Crippen LogP contribution >= 0.6 is 0 Å². The average Bonchev–Trinajstić information content (AvgIpc) is 2.74. The molecular weight excluding hydrogens is 240 g/mol. The van der Waals surface area contributed by atoms with Crippen molar-refractivity contribution in [2.24, 2.45) is 5.73 Å². The van der Waals surface area contributed by atoms with Gasteiger partial charge in [-0.3, -0.25) is 9.67 Å². The zero-order chi connectivity index (χ0) is 14.0. The first-order valence-electron chi connectivity index (χ1n) is 6.28. The van der Waals surface area contributed by atoms with Crippen molar-refractivity contribution in [2.75, 3.05) is 7.11 Å². The Balaban J connectivity index is 2.33. The molecule has 2 heterocycles. The lowest BCUT2D eigenvalue weighted by Crippen LogP contribution is -2.06. The highest BCUT2D eigenvalue weighted by molar-refractivity contribution is 5.41. The maximum Gasteiger partial charge on any atom is 0.128 e. The van der Waals surface area contributed by atoms with Crippen LogP contribution < -0.4 is 10.5 Å². The Morgan fingerprint density at radius 1 is 1.32 bits per heavy atom. The number of aromatic nitrogens is 3. The predicted molar refractivity (Wildman–Crippen MR) is 74.2 cm³/mol. The summed E-state index contributed by atoms with van der Waals surface area (Å²) in [5.74, 6) is 0.896. The first kappa shape index (κ1) is 13.5. The van der Waals surface area contributed by atoms with Crippen LogP contribution in [0.25, 0.3) is 0 Å². The van der Waals surface area contributed by atoms with Crippen LogP contribution in [-0.4, -0.2) is 21.9 Å². The van der Waals surface area contributed by atoms with Crippen molar-refractivity contribution in [3.63, 3.8) is 0 Å². The van der Waals surface area contributed by atoms with E-state index in [1.54, 1.807) is 7.11 Å². The van der Waals surface area contributed by atoms with Crippen molar-refractivity contribution in [2.45, 2.75) is 33.9 Å². The number of pyridine rings is 1. The van der Waals surface area contributed by atoms with Crippen LogP contribution in [0.1, 0.15) is 28.1 Å². The molecule has 5 heteroatoms. The van der Waals surface area contributed by atoms with Crippen molar-refractivity contribution in [1.29, 1.82) is 0 Å². The van der Waals surface area contributed by atoms with Crippen molar-refractivity contribution in [3.05, 3.63) is 40.5 Å². The molecule has 19 heavy (non-hydrogen) atoms. The lowest BCUT2D eigenvalue weighted by atomic mass is 10.1. The lowest BCUT2D eigenvalue weighted by Gasteiger charge is -2.12. The molecule has 0 saturated carbocycles. The molecule has 0 radical (unpaired) electrons. The van der Waals surface area contributed by atoms with Gasteiger partial charge in [-0.05, 0) is 20.8 Å². The fourth-order valence-corrected chi connectivity index (χ4v) is 2.22. The van der Waals surface area contributed by atoms with Crippen LogP contribution in [0.3, 0.4) is 0 Å². The quantitative estimate of drug-likeness (QED) is 0.909. The second-order valence-electron chi connectivity index (χ2n) is 4.69. The molecule has 0 aliphatic rings. The minimum Gasteiger partial charge on any atom is -0.496 e. The molecule has 0 aliphatic heterocycles. The highest BCUT2D eigenvalue weighted by Gasteiger charge is 2.11. The van der Waals surface area contributed by atoms with E-state index in [-0.39, 0.29) is 0 Å². The molecule has 0 atom stereocenters. The van der Waals surface area contributed by atoms with Gasteiger partial charge < -0.3 is 10.5 Å². The second-order valence-corrected chi connectivity index (χ2v) is 4.69. The first-order valence-corrected chi connectivity index (χ1v) is 6.28. The van der Waals surface area contributed by atoms with Gasteiger partial charge in [-0.2, -0.15) is 5.10 Å². The van der Waals surface area contributed by atoms with E-state index in [9.17, 15) is 0 Å². The van der Waals surface area contributed by atoms with Gasteiger partial charge in [0.2, 0.25) is 0 Å². The predicted octanol–water partition coefficient (Wildman–Crippen LogP) is 1.72. The van der Waals surface area contributed by atoms with Crippen LogP contribution in [0.4, 0.5) is 0 Å². The molecular formula is C14H20N4O. The third-order valence-corrected chi connectivity index (χ3v) is 3.33. The number of methoxy groups -OCH3 is 1. The number of nitrogens with two attached hydrogens (primary N) is 1. The summed E-state index contributed by atoms with van der Waals surface area (Å²) in [5.41, 5.74) is 10.8. The first-order chi connectivity index (χ1) is 9.06. The smallest absolute Gasteiger partial charge is 0.128 e. The fraction of sp³-hybridized carbons (Fsp3) is 0.429. The summed E-state index contributed by atoms with van der Waals surface area (Å²) in [7, 11) is 1.68. The summed E-state index contributed by atoms with van der Waals surface area (Å²) >= 11 is 0. The summed E-state index contributed by atoms with van der Waals surface area (Å²) in [6.07, 6.45) is 3.81. The molecule has 102 valence electrons. The van der Waals surface area contributed by atoms with E-state index in [1.807, 2.05) is 37.8 Å². The van der Waals surface area contributed by atoms with Gasteiger partial charge in [0.15, 0.2) is 0 Å². The van der Waals surface area contributed by atoms with Crippen molar-refractivity contribution in [3.8, 4) is 5.75 Å². The van der Waals surface area contributed by atoms with Crippen molar-refractivity contribution in [1.82, 2.24) is 14.8 Å². The molecule has 2 aromatic rings. The summed E-state index contributed by atoms with van der Waals surface area (Å²) in [4.78, 5) is 4.47. The third-order valence-electron chi connectivity index (χ3n) is 3.33. The van der Waals surface area contributed by atoms with E-state index in [0.29, 0.717) is 13.1 Å². The molecule has 0 aromatic carbocycles. The topological polar surface area (TPSA) is 66.0 Å². The van der Waals surface area contributed by atoms with Gasteiger partial charge in [0.25, 0.3) is 0 Å². The molecule has 2 N–H and O–H groups in total. The molecule has 0 unspecified atom stereocenters. The lowest BCUT2D eigenvalue weighted by molar-refractivity contribution is 0.406. The van der Waals surface area contributed by atoms with Crippen LogP contribution in [0, 0.1) is 20.8 Å². The Kier molecular flexibility index (Phi) is 3.85. The molecule has 0 amide bonds. The number of nitrogens with zero attached hydrogens (tertiary/aromatic N) is 3. The van der Waals surface area contributed by atoms with E-state index in [0.717, 1.165) is 33.8 Å². The van der Waals surface area contributed by atoms with Gasteiger partial charge in [0.1, 0.15) is 5.75 Å². The molecule has 5 nitrogen and oxygen atoms in total. The molecule has 2 aromatic heterocycles. The zero-order valence-electron chi connectivity index (χ0n) is 11.9. The van der Waals surface area contributed by atoms with E-state index in [2.05, 4.69) is 10.1 Å². The Labute approximate surface area is 113 Å². The number of rotatable bonds is 4. The summed E-state index contributed by atoms with van der Waals surface area (Å²) in [5, 5.41) is 4.45. The van der Waals surface area contributed by atoms with Gasteiger partial charge in [-0.15, -0.1) is 0 Å². The molecule has 0 aliphatic carbocycles. The maximum atomic E-state index is 5.66. The van der Waals surface area contributed by atoms with E-state index in [4.69, 9.17) is 10.5 Å². The number of hydrogen-bond donors (Lipinski definition) is 1. The van der Waals surface area contributed by atoms with Crippen LogP contribution in [0.5, 0.6) is 5.75 Å². The third kappa shape index (κ3) is 2.61. The molecule has 0 saturated heterocycles. The van der Waals surface area contributed by atoms with E-state index in [1.165, 1.54) is 0 Å². The van der Waals surface area contributed by atoms with Crippen LogP contribution in [0.2, 0.25) is 0 Å². The summed E-state index contributed by atoms with van der Waals surface area (Å²) in [6.45, 7) is 7.12. The Morgan fingerprint density at radius 2 is 2.05 bits per heavy atom. The van der Waals surface area contributed by atoms with E-state index >= 15 is 0 Å². The zero-order valence-corrected chi connectivity index (χ0v) is 11.9. The minimum absolute atomic E-state index is 0.509. The summed E-state index contributed by atoms with van der Waals surface area (Å²) < 4.78 is 7.29. The minimum atomic E-state index is 0.509. The monoisotopic (exact) mass is 260 g/mol. The van der Waals surface area contributed by atoms with Crippen LogP contribution in [-0.2, 0) is 13.1 Å². The highest BCUT2D eigenvalue weighted by atomic mass is 16.5. The van der Waals surface area contributed by atoms with Gasteiger partial charge in [0, 0.05) is 35.6 Å². The van der Waals surface area contributed by atoms with Gasteiger partial charge >= 0.3 is 0 Å². The number of hydrogen-bond acceptors (Lipinski definition) is 4. The largest absolute Gasteiger partial charge is 0.496 e. The number of aryl methyl sites for hydroxylation is 2. The fourth-order valence-electron chi connectivity index (χ4n) is 2.22. The molecule has 0 spiro atoms. The second kappa shape index (κ2) is 5.40. The Morgan fingerprint density at radius 3 is 2.63 bits per heavy atom. The Hall–Kier alpha value is -1.88. The highest BCUT2D eigenvalue weighted by Crippen LogP contribution is 2.24. The van der Waals surface area contributed by atoms with Gasteiger partial charge in [-0.25, -0.2) is 0 Å². The van der Waals surface area contributed by atoms with Crippen LogP contribution in [0.15, 0.2) is 12.4 Å². The van der Waals surface area contributed by atoms with Crippen molar-refractivity contribution < 1.29 is 4.74 Å². The average molecular weight is 260 g/mol. The molecule has 0 bridgehead atoms. The Bertz CT molecular complexity index is 589. The molecule has 0 fully saturated rings. The molecule has 2 rings (SSSR count). The summed E-state index contributed by atoms with van der Waals surface area (Å²) in [6, 6.07) is 0. The van der Waals surface area contributed by atoms with Gasteiger partial charge in [-0.1, -0.05) is 0 Å². The standard InChI is InChI=1S/C14H20N4O/c1-9-6-16-13(10(2)14(9)19-4)8-18-7-12(5-15)11(3)17-18/h6-7H,5,8,15H2,1-4H3. The van der Waals surface area contributed by atoms with E-state index < -0.39 is 0 Å².